The summed E-state index contributed by atoms with van der Waals surface area (Å²) in [5.41, 5.74) is 2.54. The van der Waals surface area contributed by atoms with Crippen LogP contribution in [-0.4, -0.2) is 27.7 Å². The molecular weight excluding hydrogens is 296 g/mol. The Kier molecular flexibility index (Phi) is 3.59. The molecule has 0 saturated heterocycles. The van der Waals surface area contributed by atoms with Crippen LogP contribution in [0.15, 0.2) is 30.6 Å². The Morgan fingerprint density at radius 2 is 2.14 bits per heavy atom. The number of halogens is 1. The third-order valence-corrected chi connectivity index (χ3v) is 3.42. The number of hydrogen-bond donors (Lipinski definition) is 3. The lowest BCUT2D eigenvalue weighted by atomic mass is 10.1. The van der Waals surface area contributed by atoms with E-state index in [-0.39, 0.29) is 11.6 Å². The van der Waals surface area contributed by atoms with Gasteiger partial charge in [-0.3, -0.25) is 10.0 Å². The van der Waals surface area contributed by atoms with Crippen molar-refractivity contribution in [1.29, 1.82) is 0 Å². The Morgan fingerprint density at radius 1 is 1.38 bits per heavy atom. The third kappa shape index (κ3) is 2.61. The molecule has 1 aliphatic heterocycles. The van der Waals surface area contributed by atoms with Gasteiger partial charge in [-0.05, 0) is 12.1 Å². The zero-order valence-electron chi connectivity index (χ0n) is 10.7. The average Bonchev–Trinajstić information content (AvgIpc) is 2.92. The molecule has 7 nitrogen and oxygen atoms in total. The van der Waals surface area contributed by atoms with E-state index in [1.165, 1.54) is 17.9 Å². The van der Waals surface area contributed by atoms with Gasteiger partial charge in [0.1, 0.15) is 12.4 Å². The van der Waals surface area contributed by atoms with Crippen molar-refractivity contribution in [3.05, 3.63) is 46.7 Å². The number of carbonyl (C=O) groups is 1. The smallest absolute Gasteiger partial charge is 0.277 e. The molecule has 21 heavy (non-hydrogen) atoms. The van der Waals surface area contributed by atoms with Crippen molar-refractivity contribution in [2.45, 2.75) is 6.04 Å². The maximum atomic E-state index is 11.2. The first-order valence-electron chi connectivity index (χ1n) is 6.13. The molecule has 2 heterocycles. The predicted octanol–water partition coefficient (Wildman–Crippen LogP) is 1.79. The fourth-order valence-electron chi connectivity index (χ4n) is 2.09. The van der Waals surface area contributed by atoms with Crippen molar-refractivity contribution in [2.75, 3.05) is 11.9 Å². The molecule has 8 heteroatoms. The summed E-state index contributed by atoms with van der Waals surface area (Å²) < 4.78 is 5.54. The van der Waals surface area contributed by atoms with Gasteiger partial charge in [-0.2, -0.15) is 0 Å². The molecule has 0 bridgehead atoms. The summed E-state index contributed by atoms with van der Waals surface area (Å²) in [5, 5.41) is 12.2. The van der Waals surface area contributed by atoms with Crippen LogP contribution in [-0.2, 0) is 0 Å². The molecule has 1 unspecified atom stereocenters. The van der Waals surface area contributed by atoms with Gasteiger partial charge in [-0.25, -0.2) is 15.4 Å². The number of amides is 1. The van der Waals surface area contributed by atoms with E-state index >= 15 is 0 Å². The molecule has 3 N–H and O–H groups in total. The SMILES string of the molecule is O=C(NO)c1cnc(NC2COc3cccc(Cl)c32)nc1. The molecule has 0 spiro atoms. The zero-order chi connectivity index (χ0) is 14.8. The molecular formula is C13H11ClN4O3. The van der Waals surface area contributed by atoms with Gasteiger partial charge in [0.05, 0.1) is 11.6 Å². The van der Waals surface area contributed by atoms with Gasteiger partial charge in [0.2, 0.25) is 5.95 Å². The standard InChI is InChI=1S/C13H11ClN4O3/c14-8-2-1-3-10-11(8)9(6-21-10)17-13-15-4-7(5-16-13)12(19)18-20/h1-5,9,20H,6H2,(H,18,19)(H,15,16,17). The van der Waals surface area contributed by atoms with Crippen LogP contribution in [0.1, 0.15) is 22.0 Å². The maximum Gasteiger partial charge on any atom is 0.277 e. The number of hydroxylamine groups is 1. The van der Waals surface area contributed by atoms with Gasteiger partial charge in [0, 0.05) is 23.0 Å². The first kappa shape index (κ1) is 13.6. The van der Waals surface area contributed by atoms with Crippen LogP contribution in [0.3, 0.4) is 0 Å². The molecule has 1 atom stereocenters. The Labute approximate surface area is 124 Å². The van der Waals surface area contributed by atoms with E-state index in [0.29, 0.717) is 17.6 Å². The molecule has 1 aromatic carbocycles. The highest BCUT2D eigenvalue weighted by Gasteiger charge is 2.27. The topological polar surface area (TPSA) is 96.4 Å². The van der Waals surface area contributed by atoms with E-state index in [0.717, 1.165) is 11.3 Å². The summed E-state index contributed by atoms with van der Waals surface area (Å²) in [6.07, 6.45) is 2.62. The molecule has 108 valence electrons. The van der Waals surface area contributed by atoms with Crippen LogP contribution in [0.5, 0.6) is 5.75 Å². The van der Waals surface area contributed by atoms with E-state index in [1.54, 1.807) is 6.07 Å². The minimum Gasteiger partial charge on any atom is -0.491 e. The Balaban J connectivity index is 1.79. The first-order valence-corrected chi connectivity index (χ1v) is 6.51. The van der Waals surface area contributed by atoms with Gasteiger partial charge in [-0.15, -0.1) is 0 Å². The number of anilines is 1. The monoisotopic (exact) mass is 306 g/mol. The summed E-state index contributed by atoms with van der Waals surface area (Å²) in [5.74, 6) is 0.404. The van der Waals surface area contributed by atoms with Crippen molar-refractivity contribution in [3.63, 3.8) is 0 Å². The van der Waals surface area contributed by atoms with E-state index in [2.05, 4.69) is 15.3 Å². The number of hydrogen-bond acceptors (Lipinski definition) is 6. The van der Waals surface area contributed by atoms with Crippen LogP contribution in [0.4, 0.5) is 5.95 Å². The lowest BCUT2D eigenvalue weighted by Gasteiger charge is -2.12. The van der Waals surface area contributed by atoms with Crippen LogP contribution in [0, 0.1) is 0 Å². The summed E-state index contributed by atoms with van der Waals surface area (Å²) in [4.78, 5) is 19.2. The fraction of sp³-hybridized carbons (Fsp3) is 0.154. The van der Waals surface area contributed by atoms with Crippen LogP contribution in [0.2, 0.25) is 5.02 Å². The quantitative estimate of drug-likeness (QED) is 0.591. The van der Waals surface area contributed by atoms with Crippen LogP contribution in [0.25, 0.3) is 0 Å². The molecule has 1 aliphatic rings. The van der Waals surface area contributed by atoms with Crippen molar-refractivity contribution in [3.8, 4) is 5.75 Å². The molecule has 0 saturated carbocycles. The number of ether oxygens (including phenoxy) is 1. The number of benzene rings is 1. The summed E-state index contributed by atoms with van der Waals surface area (Å²) in [6.45, 7) is 0.418. The van der Waals surface area contributed by atoms with E-state index in [1.807, 2.05) is 12.1 Å². The largest absolute Gasteiger partial charge is 0.491 e. The lowest BCUT2D eigenvalue weighted by molar-refractivity contribution is 0.0705. The van der Waals surface area contributed by atoms with Gasteiger partial charge in [0.15, 0.2) is 0 Å². The minimum absolute atomic E-state index is 0.157. The molecule has 1 amide bonds. The van der Waals surface area contributed by atoms with Crippen molar-refractivity contribution < 1.29 is 14.7 Å². The number of nitrogens with one attached hydrogen (secondary N) is 2. The fourth-order valence-corrected chi connectivity index (χ4v) is 2.39. The second-order valence-electron chi connectivity index (χ2n) is 4.40. The summed E-state index contributed by atoms with van der Waals surface area (Å²) >= 11 is 6.17. The second-order valence-corrected chi connectivity index (χ2v) is 4.80. The third-order valence-electron chi connectivity index (χ3n) is 3.09. The lowest BCUT2D eigenvalue weighted by Crippen LogP contribution is -2.20. The normalized spacial score (nSPS) is 16.0. The highest BCUT2D eigenvalue weighted by atomic mass is 35.5. The molecule has 3 rings (SSSR count). The van der Waals surface area contributed by atoms with E-state index in [9.17, 15) is 4.79 Å². The zero-order valence-corrected chi connectivity index (χ0v) is 11.5. The average molecular weight is 307 g/mol. The molecule has 0 fully saturated rings. The van der Waals surface area contributed by atoms with Crippen LogP contribution >= 0.6 is 11.6 Å². The molecule has 1 aromatic heterocycles. The van der Waals surface area contributed by atoms with Crippen molar-refractivity contribution in [1.82, 2.24) is 15.4 Å². The van der Waals surface area contributed by atoms with Crippen LogP contribution < -0.4 is 15.5 Å². The van der Waals surface area contributed by atoms with E-state index in [4.69, 9.17) is 21.5 Å². The number of fused-ring (bicyclic) bond motifs is 1. The molecule has 2 aromatic rings. The van der Waals surface area contributed by atoms with E-state index < -0.39 is 5.91 Å². The van der Waals surface area contributed by atoms with Crippen molar-refractivity contribution >= 4 is 23.5 Å². The minimum atomic E-state index is -0.667. The highest BCUT2D eigenvalue weighted by Crippen LogP contribution is 2.38. The van der Waals surface area contributed by atoms with Gasteiger partial charge >= 0.3 is 0 Å². The molecule has 0 radical (unpaired) electrons. The summed E-state index contributed by atoms with van der Waals surface area (Å²) in [6, 6.07) is 5.30. The Hall–Kier alpha value is -2.38. The Morgan fingerprint density at radius 3 is 2.86 bits per heavy atom. The number of aromatic nitrogens is 2. The van der Waals surface area contributed by atoms with Gasteiger partial charge in [0.25, 0.3) is 5.91 Å². The second kappa shape index (κ2) is 5.55. The molecule has 0 aliphatic carbocycles. The van der Waals surface area contributed by atoms with Crippen molar-refractivity contribution in [2.24, 2.45) is 0 Å². The summed E-state index contributed by atoms with van der Waals surface area (Å²) in [7, 11) is 0. The van der Waals surface area contributed by atoms with Gasteiger partial charge < -0.3 is 10.1 Å². The number of carbonyl (C=O) groups excluding carboxylic acids is 1. The van der Waals surface area contributed by atoms with Gasteiger partial charge in [-0.1, -0.05) is 17.7 Å². The predicted molar refractivity (Wildman–Crippen MR) is 74.6 cm³/mol. The first-order chi connectivity index (χ1) is 10.2. The number of rotatable bonds is 3. The number of nitrogens with zero attached hydrogens (tertiary/aromatic N) is 2. The maximum absolute atomic E-state index is 11.2. The Bertz CT molecular complexity index is 678. The highest BCUT2D eigenvalue weighted by molar-refractivity contribution is 6.31.